The van der Waals surface area contributed by atoms with Crippen LogP contribution in [0.4, 0.5) is 5.69 Å². The minimum Gasteiger partial charge on any atom is -0.479 e. The Bertz CT molecular complexity index is 680. The molecule has 0 aliphatic rings. The Morgan fingerprint density at radius 2 is 2.24 bits per heavy atom. The number of nitrogens with zero attached hydrogens (tertiary/aromatic N) is 1. The zero-order valence-corrected chi connectivity index (χ0v) is 11.2. The largest absolute Gasteiger partial charge is 0.479 e. The Balaban J connectivity index is 2.21. The van der Waals surface area contributed by atoms with Crippen molar-refractivity contribution >= 4 is 11.6 Å². The third-order valence-electron chi connectivity index (χ3n) is 2.79. The van der Waals surface area contributed by atoms with Crippen LogP contribution >= 0.6 is 0 Å². The van der Waals surface area contributed by atoms with E-state index in [0.29, 0.717) is 0 Å². The molecule has 0 bridgehead atoms. The zero-order valence-electron chi connectivity index (χ0n) is 11.2. The molecule has 8 nitrogen and oxygen atoms in total. The second-order valence-corrected chi connectivity index (χ2v) is 4.25. The molecule has 8 heteroatoms. The molecule has 0 aliphatic heterocycles. The molecule has 3 N–H and O–H groups in total. The highest BCUT2D eigenvalue weighted by atomic mass is 16.6. The van der Waals surface area contributed by atoms with E-state index >= 15 is 0 Å². The van der Waals surface area contributed by atoms with Gasteiger partial charge in [0.15, 0.2) is 11.5 Å². The summed E-state index contributed by atoms with van der Waals surface area (Å²) in [5.74, 6) is 4.86. The SMILES string of the molecule is Cc1ccc([N+](=O)[O-])c(OCc2occc2C(=O)NN)c1. The van der Waals surface area contributed by atoms with Crippen LogP contribution in [0.5, 0.6) is 5.75 Å². The van der Waals surface area contributed by atoms with E-state index in [1.165, 1.54) is 18.4 Å². The molecule has 2 aromatic rings. The molecule has 1 aromatic heterocycles. The van der Waals surface area contributed by atoms with Crippen molar-refractivity contribution in [3.63, 3.8) is 0 Å². The molecule has 21 heavy (non-hydrogen) atoms. The van der Waals surface area contributed by atoms with Crippen LogP contribution in [-0.2, 0) is 6.61 Å². The van der Waals surface area contributed by atoms with Gasteiger partial charge in [0.25, 0.3) is 5.91 Å². The molecule has 0 radical (unpaired) electrons. The monoisotopic (exact) mass is 291 g/mol. The summed E-state index contributed by atoms with van der Waals surface area (Å²) in [6.45, 7) is 1.66. The van der Waals surface area contributed by atoms with E-state index in [9.17, 15) is 14.9 Å². The number of nitrogens with one attached hydrogen (secondary N) is 1. The number of nitro benzene ring substituents is 1. The average Bonchev–Trinajstić information content (AvgIpc) is 2.92. The van der Waals surface area contributed by atoms with E-state index in [0.717, 1.165) is 5.56 Å². The summed E-state index contributed by atoms with van der Waals surface area (Å²) in [7, 11) is 0. The topological polar surface area (TPSA) is 121 Å². The number of aryl methyl sites for hydroxylation is 1. The number of benzene rings is 1. The minimum absolute atomic E-state index is 0.107. The molecule has 0 atom stereocenters. The molecule has 110 valence electrons. The fourth-order valence-electron chi connectivity index (χ4n) is 1.76. The predicted octanol–water partition coefficient (Wildman–Crippen LogP) is 1.68. The van der Waals surface area contributed by atoms with Crippen LogP contribution in [0, 0.1) is 17.0 Å². The maximum atomic E-state index is 11.5. The molecule has 1 heterocycles. The van der Waals surface area contributed by atoms with Crippen LogP contribution in [0.3, 0.4) is 0 Å². The average molecular weight is 291 g/mol. The summed E-state index contributed by atoms with van der Waals surface area (Å²) in [6, 6.07) is 5.96. The highest BCUT2D eigenvalue weighted by molar-refractivity contribution is 5.94. The zero-order chi connectivity index (χ0) is 15.4. The van der Waals surface area contributed by atoms with Crippen molar-refractivity contribution in [3.8, 4) is 5.75 Å². The number of carbonyl (C=O) groups is 1. The summed E-state index contributed by atoms with van der Waals surface area (Å²) >= 11 is 0. The predicted molar refractivity (Wildman–Crippen MR) is 72.5 cm³/mol. The maximum Gasteiger partial charge on any atom is 0.310 e. The minimum atomic E-state index is -0.537. The lowest BCUT2D eigenvalue weighted by Crippen LogP contribution is -2.30. The number of hydrogen-bond donors (Lipinski definition) is 2. The van der Waals surface area contributed by atoms with Crippen molar-refractivity contribution in [1.82, 2.24) is 5.43 Å². The fraction of sp³-hybridized carbons (Fsp3) is 0.154. The van der Waals surface area contributed by atoms with Gasteiger partial charge in [-0.2, -0.15) is 0 Å². The van der Waals surface area contributed by atoms with Gasteiger partial charge in [-0.05, 0) is 24.6 Å². The summed E-state index contributed by atoms with van der Waals surface area (Å²) in [5.41, 5.74) is 2.86. The van der Waals surface area contributed by atoms with Crippen LogP contribution in [0.1, 0.15) is 21.7 Å². The second-order valence-electron chi connectivity index (χ2n) is 4.25. The van der Waals surface area contributed by atoms with E-state index in [2.05, 4.69) is 0 Å². The van der Waals surface area contributed by atoms with Crippen LogP contribution in [0.25, 0.3) is 0 Å². The van der Waals surface area contributed by atoms with Gasteiger partial charge in [0.1, 0.15) is 6.61 Å². The van der Waals surface area contributed by atoms with E-state index in [1.54, 1.807) is 19.1 Å². The molecular formula is C13H13N3O5. The van der Waals surface area contributed by atoms with Gasteiger partial charge in [-0.1, -0.05) is 6.07 Å². The van der Waals surface area contributed by atoms with Gasteiger partial charge >= 0.3 is 5.69 Å². The van der Waals surface area contributed by atoms with Crippen molar-refractivity contribution in [3.05, 3.63) is 57.5 Å². The fourth-order valence-corrected chi connectivity index (χ4v) is 1.76. The molecule has 0 saturated carbocycles. The highest BCUT2D eigenvalue weighted by Gasteiger charge is 2.18. The molecule has 0 spiro atoms. The van der Waals surface area contributed by atoms with E-state index in [4.69, 9.17) is 15.0 Å². The lowest BCUT2D eigenvalue weighted by atomic mass is 10.2. The van der Waals surface area contributed by atoms with Crippen LogP contribution in [0.15, 0.2) is 34.9 Å². The second kappa shape index (κ2) is 6.06. The van der Waals surface area contributed by atoms with E-state index in [-0.39, 0.29) is 29.4 Å². The molecule has 0 fully saturated rings. The Hall–Kier alpha value is -2.87. The third kappa shape index (κ3) is 3.18. The first kappa shape index (κ1) is 14.5. The molecule has 2 rings (SSSR count). The molecule has 1 aromatic carbocycles. The van der Waals surface area contributed by atoms with Crippen molar-refractivity contribution < 1.29 is 18.9 Å². The number of carbonyl (C=O) groups excluding carboxylic acids is 1. The first-order valence-corrected chi connectivity index (χ1v) is 5.98. The Morgan fingerprint density at radius 1 is 1.48 bits per heavy atom. The number of hydrogen-bond acceptors (Lipinski definition) is 6. The normalized spacial score (nSPS) is 10.2. The van der Waals surface area contributed by atoms with Crippen molar-refractivity contribution in [2.45, 2.75) is 13.5 Å². The summed E-state index contributed by atoms with van der Waals surface area (Å²) in [4.78, 5) is 21.9. The van der Waals surface area contributed by atoms with E-state index in [1.807, 2.05) is 5.43 Å². The van der Waals surface area contributed by atoms with Gasteiger partial charge in [0.05, 0.1) is 16.7 Å². The maximum absolute atomic E-state index is 11.5. The third-order valence-corrected chi connectivity index (χ3v) is 2.79. The summed E-state index contributed by atoms with van der Waals surface area (Å²) < 4.78 is 10.5. The number of amides is 1. The smallest absolute Gasteiger partial charge is 0.310 e. The van der Waals surface area contributed by atoms with E-state index < -0.39 is 10.8 Å². The lowest BCUT2D eigenvalue weighted by molar-refractivity contribution is -0.386. The quantitative estimate of drug-likeness (QED) is 0.374. The number of ether oxygens (including phenoxy) is 1. The Labute approximate surface area is 119 Å². The van der Waals surface area contributed by atoms with Gasteiger partial charge in [-0.25, -0.2) is 5.84 Å². The first-order chi connectivity index (χ1) is 10.0. The Kier molecular flexibility index (Phi) is 4.19. The number of rotatable bonds is 5. The van der Waals surface area contributed by atoms with Crippen LogP contribution in [-0.4, -0.2) is 10.8 Å². The molecule has 0 saturated heterocycles. The van der Waals surface area contributed by atoms with Gasteiger partial charge in [-0.15, -0.1) is 0 Å². The summed E-state index contributed by atoms with van der Waals surface area (Å²) in [6.07, 6.45) is 1.31. The Morgan fingerprint density at radius 3 is 2.90 bits per heavy atom. The van der Waals surface area contributed by atoms with Gasteiger partial charge < -0.3 is 9.15 Å². The van der Waals surface area contributed by atoms with Crippen molar-refractivity contribution in [2.24, 2.45) is 5.84 Å². The van der Waals surface area contributed by atoms with Gasteiger partial charge in [0, 0.05) is 6.07 Å². The number of nitrogens with two attached hydrogens (primary N) is 1. The molecule has 0 unspecified atom stereocenters. The van der Waals surface area contributed by atoms with Gasteiger partial charge in [-0.3, -0.25) is 20.3 Å². The highest BCUT2D eigenvalue weighted by Crippen LogP contribution is 2.28. The molecule has 0 aliphatic carbocycles. The van der Waals surface area contributed by atoms with Crippen LogP contribution < -0.4 is 16.0 Å². The van der Waals surface area contributed by atoms with Crippen molar-refractivity contribution in [1.29, 1.82) is 0 Å². The number of nitro groups is 1. The van der Waals surface area contributed by atoms with Gasteiger partial charge in [0.2, 0.25) is 0 Å². The number of hydrazine groups is 1. The lowest BCUT2D eigenvalue weighted by Gasteiger charge is -2.07. The molecule has 1 amide bonds. The van der Waals surface area contributed by atoms with Crippen molar-refractivity contribution in [2.75, 3.05) is 0 Å². The summed E-state index contributed by atoms with van der Waals surface area (Å²) in [5, 5.41) is 10.9. The standard InChI is InChI=1S/C13H13N3O5/c1-8-2-3-10(16(18)19)11(6-8)21-7-12-9(4-5-20-12)13(17)15-14/h2-6H,7,14H2,1H3,(H,15,17). The molecular weight excluding hydrogens is 278 g/mol. The number of furan rings is 1. The number of nitrogen functional groups attached to an aromatic ring is 1. The van der Waals surface area contributed by atoms with Crippen LogP contribution in [0.2, 0.25) is 0 Å². The first-order valence-electron chi connectivity index (χ1n) is 5.98.